The average molecular weight is 186 g/mol. The van der Waals surface area contributed by atoms with Gasteiger partial charge in [0.05, 0.1) is 0 Å². The Bertz CT molecular complexity index is 377. The summed E-state index contributed by atoms with van der Waals surface area (Å²) in [5, 5.41) is 0. The second-order valence-electron chi connectivity index (χ2n) is 3.01. The molecule has 0 aliphatic carbocycles. The molecule has 1 heterocycles. The molecule has 2 nitrogen and oxygen atoms in total. The van der Waals surface area contributed by atoms with Crippen molar-refractivity contribution in [1.29, 1.82) is 0 Å². The van der Waals surface area contributed by atoms with E-state index in [0.717, 1.165) is 5.56 Å². The molecule has 70 valence electrons. The van der Waals surface area contributed by atoms with Gasteiger partial charge in [0.1, 0.15) is 6.10 Å². The average Bonchev–Trinajstić information content (AvgIpc) is 2.44. The fourth-order valence-corrected chi connectivity index (χ4v) is 1.32. The van der Waals surface area contributed by atoms with E-state index in [4.69, 9.17) is 4.74 Å². The Hall–Kier alpha value is -1.83. The van der Waals surface area contributed by atoms with Crippen molar-refractivity contribution in [3.63, 3.8) is 0 Å². The maximum Gasteiger partial charge on any atom is 0.331 e. The molecule has 1 atom stereocenters. The van der Waals surface area contributed by atoms with Gasteiger partial charge in [-0.25, -0.2) is 4.79 Å². The number of allylic oxidation sites excluding steroid dienone is 2. The lowest BCUT2D eigenvalue weighted by atomic mass is 10.1. The van der Waals surface area contributed by atoms with Gasteiger partial charge in [0.2, 0.25) is 0 Å². The third-order valence-electron chi connectivity index (χ3n) is 2.00. The summed E-state index contributed by atoms with van der Waals surface area (Å²) in [6, 6.07) is 9.66. The van der Waals surface area contributed by atoms with Gasteiger partial charge >= 0.3 is 5.97 Å². The van der Waals surface area contributed by atoms with E-state index >= 15 is 0 Å². The normalized spacial score (nSPS) is 20.3. The molecule has 0 fully saturated rings. The molecule has 1 aliphatic heterocycles. The van der Waals surface area contributed by atoms with Crippen molar-refractivity contribution in [2.24, 2.45) is 0 Å². The number of carbonyl (C=O) groups is 1. The van der Waals surface area contributed by atoms with Crippen LogP contribution in [0.4, 0.5) is 0 Å². The maximum absolute atomic E-state index is 11.1. The van der Waals surface area contributed by atoms with Gasteiger partial charge in [0, 0.05) is 6.08 Å². The van der Waals surface area contributed by atoms with Crippen LogP contribution in [0.25, 0.3) is 0 Å². The summed E-state index contributed by atoms with van der Waals surface area (Å²) in [7, 11) is 0. The van der Waals surface area contributed by atoms with Gasteiger partial charge in [-0.15, -0.1) is 0 Å². The summed E-state index contributed by atoms with van der Waals surface area (Å²) in [4.78, 5) is 11.1. The molecule has 2 heteroatoms. The molecule has 2 rings (SSSR count). The second-order valence-corrected chi connectivity index (χ2v) is 3.01. The van der Waals surface area contributed by atoms with Gasteiger partial charge in [0.25, 0.3) is 0 Å². The molecule has 1 aliphatic rings. The Morgan fingerprint density at radius 3 is 2.64 bits per heavy atom. The van der Waals surface area contributed by atoms with Gasteiger partial charge in [-0.3, -0.25) is 0 Å². The van der Waals surface area contributed by atoms with Crippen molar-refractivity contribution in [1.82, 2.24) is 0 Å². The van der Waals surface area contributed by atoms with E-state index in [0.29, 0.717) is 0 Å². The van der Waals surface area contributed by atoms with Crippen molar-refractivity contribution in [3.8, 4) is 0 Å². The van der Waals surface area contributed by atoms with E-state index in [-0.39, 0.29) is 12.1 Å². The minimum absolute atomic E-state index is 0.265. The van der Waals surface area contributed by atoms with Crippen molar-refractivity contribution in [2.45, 2.75) is 6.10 Å². The quantitative estimate of drug-likeness (QED) is 0.629. The van der Waals surface area contributed by atoms with E-state index in [1.54, 1.807) is 6.08 Å². The second kappa shape index (κ2) is 3.92. The molecule has 0 N–H and O–H groups in total. The fourth-order valence-electron chi connectivity index (χ4n) is 1.32. The number of rotatable bonds is 1. The lowest BCUT2D eigenvalue weighted by Crippen LogP contribution is -2.05. The number of benzene rings is 1. The Kier molecular flexibility index (Phi) is 2.45. The standard InChI is InChI=1S/C12H10O2/c13-12-9-5-4-8-11(14-12)10-6-2-1-3-7-10/h1-9,11H. The van der Waals surface area contributed by atoms with Gasteiger partial charge in [-0.1, -0.05) is 42.5 Å². The molecular formula is C12H10O2. The van der Waals surface area contributed by atoms with Crippen LogP contribution in [-0.4, -0.2) is 5.97 Å². The van der Waals surface area contributed by atoms with Crippen LogP contribution in [0.2, 0.25) is 0 Å². The zero-order valence-electron chi connectivity index (χ0n) is 7.59. The third kappa shape index (κ3) is 1.91. The van der Waals surface area contributed by atoms with Crippen LogP contribution in [0.1, 0.15) is 11.7 Å². The van der Waals surface area contributed by atoms with E-state index in [2.05, 4.69) is 0 Å². The van der Waals surface area contributed by atoms with Crippen molar-refractivity contribution >= 4 is 5.97 Å². The Morgan fingerprint density at radius 1 is 1.07 bits per heavy atom. The summed E-state index contributed by atoms with van der Waals surface area (Å²) < 4.78 is 5.18. The summed E-state index contributed by atoms with van der Waals surface area (Å²) in [6.07, 6.45) is 6.52. The predicted molar refractivity (Wildman–Crippen MR) is 53.6 cm³/mol. The monoisotopic (exact) mass is 186 g/mol. The highest BCUT2D eigenvalue weighted by Gasteiger charge is 2.12. The Morgan fingerprint density at radius 2 is 1.86 bits per heavy atom. The molecule has 0 saturated heterocycles. The first-order chi connectivity index (χ1) is 6.86. The fraction of sp³-hybridized carbons (Fsp3) is 0.0833. The molecule has 0 saturated carbocycles. The molecule has 1 aromatic carbocycles. The van der Waals surface area contributed by atoms with Crippen molar-refractivity contribution in [3.05, 3.63) is 60.2 Å². The van der Waals surface area contributed by atoms with E-state index in [1.807, 2.05) is 42.5 Å². The van der Waals surface area contributed by atoms with Crippen LogP contribution in [0, 0.1) is 0 Å². The number of ether oxygens (including phenoxy) is 1. The van der Waals surface area contributed by atoms with E-state index in [9.17, 15) is 4.79 Å². The minimum Gasteiger partial charge on any atom is -0.450 e. The van der Waals surface area contributed by atoms with E-state index in [1.165, 1.54) is 6.08 Å². The van der Waals surface area contributed by atoms with Crippen LogP contribution in [0.15, 0.2) is 54.6 Å². The molecule has 0 spiro atoms. The lowest BCUT2D eigenvalue weighted by Gasteiger charge is -2.11. The van der Waals surface area contributed by atoms with E-state index < -0.39 is 0 Å². The smallest absolute Gasteiger partial charge is 0.331 e. The first-order valence-corrected chi connectivity index (χ1v) is 4.47. The van der Waals surface area contributed by atoms with Gasteiger partial charge in [0.15, 0.2) is 0 Å². The topological polar surface area (TPSA) is 26.3 Å². The SMILES string of the molecule is O=C1C=CC=CC(c2ccccc2)O1. The largest absolute Gasteiger partial charge is 0.450 e. The Balaban J connectivity index is 2.24. The van der Waals surface area contributed by atoms with Crippen LogP contribution in [-0.2, 0) is 9.53 Å². The third-order valence-corrected chi connectivity index (χ3v) is 2.00. The molecule has 0 bridgehead atoms. The first kappa shape index (κ1) is 8.75. The van der Waals surface area contributed by atoms with Gasteiger partial charge in [-0.05, 0) is 11.6 Å². The highest BCUT2D eigenvalue weighted by Crippen LogP contribution is 2.20. The number of esters is 1. The molecule has 1 aromatic rings. The zero-order valence-corrected chi connectivity index (χ0v) is 7.59. The molecule has 0 amide bonds. The van der Waals surface area contributed by atoms with Crippen molar-refractivity contribution < 1.29 is 9.53 Å². The van der Waals surface area contributed by atoms with Crippen LogP contribution in [0.3, 0.4) is 0 Å². The minimum atomic E-state index is -0.302. The highest BCUT2D eigenvalue weighted by atomic mass is 16.5. The van der Waals surface area contributed by atoms with Gasteiger partial charge < -0.3 is 4.74 Å². The summed E-state index contributed by atoms with van der Waals surface area (Å²) in [5.74, 6) is -0.302. The summed E-state index contributed by atoms with van der Waals surface area (Å²) >= 11 is 0. The maximum atomic E-state index is 11.1. The van der Waals surface area contributed by atoms with Crippen LogP contribution in [0.5, 0.6) is 0 Å². The predicted octanol–water partition coefficient (Wildman–Crippen LogP) is 2.40. The number of cyclic esters (lactones) is 1. The number of carbonyl (C=O) groups excluding carboxylic acids is 1. The summed E-state index contributed by atoms with van der Waals surface area (Å²) in [6.45, 7) is 0. The number of hydrogen-bond donors (Lipinski definition) is 0. The van der Waals surface area contributed by atoms with Crippen LogP contribution >= 0.6 is 0 Å². The molecule has 0 radical (unpaired) electrons. The first-order valence-electron chi connectivity index (χ1n) is 4.47. The highest BCUT2D eigenvalue weighted by molar-refractivity contribution is 5.83. The Labute approximate surface area is 82.5 Å². The van der Waals surface area contributed by atoms with Crippen LogP contribution < -0.4 is 0 Å². The molecule has 14 heavy (non-hydrogen) atoms. The molecule has 0 aromatic heterocycles. The summed E-state index contributed by atoms with van der Waals surface area (Å²) in [5.41, 5.74) is 0.987. The number of hydrogen-bond acceptors (Lipinski definition) is 2. The lowest BCUT2D eigenvalue weighted by molar-refractivity contribution is -0.141. The van der Waals surface area contributed by atoms with Crippen molar-refractivity contribution in [2.75, 3.05) is 0 Å². The molecular weight excluding hydrogens is 176 g/mol. The zero-order chi connectivity index (χ0) is 9.80. The molecule has 1 unspecified atom stereocenters. The van der Waals surface area contributed by atoms with Gasteiger partial charge in [-0.2, -0.15) is 0 Å².